The number of hydrogen-bond donors (Lipinski definition) is 0. The maximum Gasteiger partial charge on any atom is 0.330 e. The molecular formula is C39H28N2O. The molecule has 42 heavy (non-hydrogen) atoms. The van der Waals surface area contributed by atoms with Crippen molar-refractivity contribution in [2.45, 2.75) is 12.1 Å². The standard InChI is InChI=1S/C39H28N2O/c42-39(40(27-15-3-1-4-16-27)37-33-23-11-7-19-29(33)30-20-8-12-24-34(30)37)41(28-17-5-2-6-18-28)38-35-25-13-9-21-31(35)32-22-10-14-26-36(32)38/h1-26,37-38H. The Morgan fingerprint density at radius 3 is 0.929 bits per heavy atom. The van der Waals surface area contributed by atoms with E-state index in [1.807, 2.05) is 70.5 Å². The number of nitrogens with zero attached hydrogens (tertiary/aromatic N) is 2. The highest BCUT2D eigenvalue weighted by Gasteiger charge is 2.42. The van der Waals surface area contributed by atoms with Gasteiger partial charge >= 0.3 is 6.03 Å². The third-order valence-corrected chi connectivity index (χ3v) is 8.60. The number of benzene rings is 6. The average molecular weight is 541 g/mol. The van der Waals surface area contributed by atoms with Crippen molar-refractivity contribution in [1.29, 1.82) is 0 Å². The number of para-hydroxylation sites is 2. The number of rotatable bonds is 4. The van der Waals surface area contributed by atoms with Gasteiger partial charge in [-0.25, -0.2) is 4.79 Å². The number of carbonyl (C=O) groups is 1. The summed E-state index contributed by atoms with van der Waals surface area (Å²) in [6, 6.07) is 53.5. The Balaban J connectivity index is 1.37. The summed E-state index contributed by atoms with van der Waals surface area (Å²) in [5.41, 5.74) is 11.0. The number of fused-ring (bicyclic) bond motifs is 6. The summed E-state index contributed by atoms with van der Waals surface area (Å²) in [6.07, 6.45) is 0. The van der Waals surface area contributed by atoms with E-state index in [1.54, 1.807) is 0 Å². The highest BCUT2D eigenvalue weighted by Crippen LogP contribution is 2.51. The first kappa shape index (κ1) is 24.4. The molecule has 0 N–H and O–H groups in total. The third-order valence-electron chi connectivity index (χ3n) is 8.60. The van der Waals surface area contributed by atoms with Gasteiger partial charge in [-0.1, -0.05) is 133 Å². The summed E-state index contributed by atoms with van der Waals surface area (Å²) in [7, 11) is 0. The maximum absolute atomic E-state index is 15.5. The summed E-state index contributed by atoms with van der Waals surface area (Å²) in [6.45, 7) is 0. The first-order chi connectivity index (χ1) is 20.8. The minimum atomic E-state index is -0.273. The Bertz CT molecular complexity index is 1700. The van der Waals surface area contributed by atoms with Gasteiger partial charge in [-0.3, -0.25) is 9.80 Å². The summed E-state index contributed by atoms with van der Waals surface area (Å²) in [5, 5.41) is 0. The largest absolute Gasteiger partial charge is 0.330 e. The van der Waals surface area contributed by atoms with Crippen LogP contribution in [0.4, 0.5) is 16.2 Å². The summed E-state index contributed by atoms with van der Waals surface area (Å²) >= 11 is 0. The predicted octanol–water partition coefficient (Wildman–Crippen LogP) is 9.66. The molecule has 200 valence electrons. The molecule has 0 saturated carbocycles. The summed E-state index contributed by atoms with van der Waals surface area (Å²) in [5.74, 6) is 0. The molecule has 6 aromatic rings. The molecule has 2 aliphatic carbocycles. The van der Waals surface area contributed by atoms with Crippen LogP contribution >= 0.6 is 0 Å². The lowest BCUT2D eigenvalue weighted by Crippen LogP contribution is -2.47. The smallest absolute Gasteiger partial charge is 0.282 e. The molecule has 3 heteroatoms. The van der Waals surface area contributed by atoms with Crippen molar-refractivity contribution in [3.63, 3.8) is 0 Å². The Morgan fingerprint density at radius 1 is 0.357 bits per heavy atom. The molecule has 0 aliphatic heterocycles. The number of amides is 2. The van der Waals surface area contributed by atoms with Gasteiger partial charge in [0.25, 0.3) is 0 Å². The lowest BCUT2D eigenvalue weighted by molar-refractivity contribution is 0.249. The first-order valence-corrected chi connectivity index (χ1v) is 14.4. The molecular weight excluding hydrogens is 512 g/mol. The van der Waals surface area contributed by atoms with Crippen molar-refractivity contribution in [2.75, 3.05) is 9.80 Å². The minimum absolute atomic E-state index is 0.0691. The Labute approximate surface area is 245 Å². The second-order valence-corrected chi connectivity index (χ2v) is 10.8. The van der Waals surface area contributed by atoms with Gasteiger partial charge in [-0.05, 0) is 68.8 Å². The van der Waals surface area contributed by atoms with Crippen molar-refractivity contribution in [1.82, 2.24) is 0 Å². The van der Waals surface area contributed by atoms with Crippen LogP contribution in [0.3, 0.4) is 0 Å². The molecule has 0 saturated heterocycles. The molecule has 0 radical (unpaired) electrons. The van der Waals surface area contributed by atoms with Gasteiger partial charge in [0.1, 0.15) is 0 Å². The Hall–Kier alpha value is -5.41. The fraction of sp³-hybridized carbons (Fsp3) is 0.0513. The van der Waals surface area contributed by atoms with Crippen molar-refractivity contribution < 1.29 is 4.79 Å². The van der Waals surface area contributed by atoms with Gasteiger partial charge in [0.15, 0.2) is 0 Å². The van der Waals surface area contributed by atoms with Gasteiger partial charge < -0.3 is 0 Å². The van der Waals surface area contributed by atoms with E-state index in [4.69, 9.17) is 0 Å². The van der Waals surface area contributed by atoms with Crippen molar-refractivity contribution in [2.24, 2.45) is 0 Å². The van der Waals surface area contributed by atoms with Crippen molar-refractivity contribution >= 4 is 17.4 Å². The van der Waals surface area contributed by atoms with E-state index in [1.165, 1.54) is 22.3 Å². The fourth-order valence-corrected chi connectivity index (χ4v) is 6.85. The van der Waals surface area contributed by atoms with Crippen LogP contribution in [-0.4, -0.2) is 6.03 Å². The molecule has 0 spiro atoms. The molecule has 0 atom stereocenters. The highest BCUT2D eigenvalue weighted by molar-refractivity contribution is 6.07. The fourth-order valence-electron chi connectivity index (χ4n) is 6.85. The number of carbonyl (C=O) groups excluding carboxylic acids is 1. The molecule has 0 bridgehead atoms. The van der Waals surface area contributed by atoms with Crippen LogP contribution in [0.2, 0.25) is 0 Å². The van der Waals surface area contributed by atoms with E-state index < -0.39 is 0 Å². The molecule has 2 amide bonds. The van der Waals surface area contributed by atoms with Crippen LogP contribution in [0.25, 0.3) is 22.3 Å². The zero-order valence-corrected chi connectivity index (χ0v) is 23.0. The molecule has 0 unspecified atom stereocenters. The van der Waals surface area contributed by atoms with Gasteiger partial charge in [-0.15, -0.1) is 0 Å². The number of anilines is 2. The van der Waals surface area contributed by atoms with E-state index in [0.717, 1.165) is 33.6 Å². The Kier molecular flexibility index (Phi) is 5.75. The third kappa shape index (κ3) is 3.71. The number of hydrogen-bond acceptors (Lipinski definition) is 1. The zero-order chi connectivity index (χ0) is 28.0. The van der Waals surface area contributed by atoms with Crippen LogP contribution in [-0.2, 0) is 0 Å². The summed E-state index contributed by atoms with van der Waals surface area (Å²) in [4.78, 5) is 19.5. The highest BCUT2D eigenvalue weighted by atomic mass is 16.2. The first-order valence-electron chi connectivity index (χ1n) is 14.4. The molecule has 2 aliphatic rings. The zero-order valence-electron chi connectivity index (χ0n) is 23.0. The van der Waals surface area contributed by atoms with Crippen LogP contribution < -0.4 is 9.80 Å². The molecule has 6 aromatic carbocycles. The second kappa shape index (κ2) is 9.90. The van der Waals surface area contributed by atoms with E-state index in [2.05, 4.69) is 97.1 Å². The van der Waals surface area contributed by atoms with E-state index >= 15 is 4.79 Å². The number of urea groups is 1. The molecule has 8 rings (SSSR count). The van der Waals surface area contributed by atoms with Crippen LogP contribution in [0.15, 0.2) is 158 Å². The topological polar surface area (TPSA) is 23.6 Å². The quantitative estimate of drug-likeness (QED) is 0.218. The van der Waals surface area contributed by atoms with Crippen molar-refractivity contribution in [3.05, 3.63) is 180 Å². The maximum atomic E-state index is 15.5. The lowest BCUT2D eigenvalue weighted by atomic mass is 10.0. The van der Waals surface area contributed by atoms with E-state index in [-0.39, 0.29) is 18.1 Å². The SMILES string of the molecule is O=C(N(c1ccccc1)C1c2ccccc2-c2ccccc21)N(c1ccccc1)C1c2ccccc2-c2ccccc21. The van der Waals surface area contributed by atoms with Gasteiger partial charge in [-0.2, -0.15) is 0 Å². The minimum Gasteiger partial charge on any atom is -0.282 e. The monoisotopic (exact) mass is 540 g/mol. The van der Waals surface area contributed by atoms with Gasteiger partial charge in [0, 0.05) is 11.4 Å². The van der Waals surface area contributed by atoms with Crippen LogP contribution in [0.5, 0.6) is 0 Å². The van der Waals surface area contributed by atoms with E-state index in [9.17, 15) is 0 Å². The predicted molar refractivity (Wildman–Crippen MR) is 171 cm³/mol. The second-order valence-electron chi connectivity index (χ2n) is 10.8. The molecule has 3 nitrogen and oxygen atoms in total. The van der Waals surface area contributed by atoms with E-state index in [0.29, 0.717) is 0 Å². The van der Waals surface area contributed by atoms with Crippen molar-refractivity contribution in [3.8, 4) is 22.3 Å². The lowest BCUT2D eigenvalue weighted by Gasteiger charge is -2.39. The van der Waals surface area contributed by atoms with Crippen LogP contribution in [0, 0.1) is 0 Å². The Morgan fingerprint density at radius 2 is 0.619 bits per heavy atom. The normalized spacial score (nSPS) is 13.1. The molecule has 0 fully saturated rings. The van der Waals surface area contributed by atoms with Crippen LogP contribution in [0.1, 0.15) is 34.3 Å². The molecule has 0 aromatic heterocycles. The molecule has 0 heterocycles. The summed E-state index contributed by atoms with van der Waals surface area (Å²) < 4.78 is 0. The average Bonchev–Trinajstić information content (AvgIpc) is 3.56. The van der Waals surface area contributed by atoms with Gasteiger partial charge in [0.05, 0.1) is 12.1 Å². The van der Waals surface area contributed by atoms with Gasteiger partial charge in [0.2, 0.25) is 0 Å².